The predicted molar refractivity (Wildman–Crippen MR) is 201 cm³/mol. The van der Waals surface area contributed by atoms with E-state index in [1.807, 2.05) is 28.9 Å². The molecule has 0 unspecified atom stereocenters. The fourth-order valence-corrected chi connectivity index (χ4v) is 7.41. The van der Waals surface area contributed by atoms with E-state index in [1.165, 1.54) is 43.6 Å². The molecule has 0 amide bonds. The summed E-state index contributed by atoms with van der Waals surface area (Å²) in [4.78, 5) is 0. The lowest BCUT2D eigenvalue weighted by atomic mass is 10.0. The molecule has 0 aliphatic rings. The number of nitrogens with zero attached hydrogens (tertiary/aromatic N) is 5. The molecule has 0 spiro atoms. The summed E-state index contributed by atoms with van der Waals surface area (Å²) in [5.74, 6) is 0. The summed E-state index contributed by atoms with van der Waals surface area (Å²) in [5, 5.41) is 14.3. The van der Waals surface area contributed by atoms with Crippen LogP contribution in [0.5, 0.6) is 0 Å². The zero-order chi connectivity index (χ0) is 32.3. The lowest BCUT2D eigenvalue weighted by molar-refractivity contribution is 0.808. The summed E-state index contributed by atoms with van der Waals surface area (Å²) in [6.07, 6.45) is 0. The molecule has 0 aliphatic carbocycles. The summed E-state index contributed by atoms with van der Waals surface area (Å²) < 4.78 is 6.71. The molecule has 3 heterocycles. The first-order valence-corrected chi connectivity index (χ1v) is 16.5. The topological polar surface area (TPSA) is 40.6 Å². The first-order chi connectivity index (χ1) is 24.3. The fourth-order valence-electron chi connectivity index (χ4n) is 7.41. The molecule has 0 saturated heterocycles. The second-order valence-electron chi connectivity index (χ2n) is 12.4. The Morgan fingerprint density at radius 2 is 0.816 bits per heavy atom. The van der Waals surface area contributed by atoms with E-state index >= 15 is 0 Å². The zero-order valence-corrected chi connectivity index (χ0v) is 26.5. The second kappa shape index (κ2) is 10.9. The van der Waals surface area contributed by atoms with Crippen molar-refractivity contribution in [2.75, 3.05) is 0 Å². The van der Waals surface area contributed by atoms with Crippen molar-refractivity contribution in [3.8, 4) is 39.6 Å². The van der Waals surface area contributed by atoms with Crippen LogP contribution in [-0.2, 0) is 0 Å². The minimum absolute atomic E-state index is 0.847. The van der Waals surface area contributed by atoms with Gasteiger partial charge < -0.3 is 9.13 Å². The monoisotopic (exact) mass is 627 g/mol. The van der Waals surface area contributed by atoms with Gasteiger partial charge in [0, 0.05) is 44.0 Å². The van der Waals surface area contributed by atoms with Gasteiger partial charge in [-0.25, -0.2) is 4.68 Å². The van der Waals surface area contributed by atoms with E-state index in [0.29, 0.717) is 0 Å². The first kappa shape index (κ1) is 27.4. The van der Waals surface area contributed by atoms with Gasteiger partial charge in [0.2, 0.25) is 0 Å². The van der Waals surface area contributed by atoms with Gasteiger partial charge in [-0.3, -0.25) is 0 Å². The van der Waals surface area contributed by atoms with Crippen LogP contribution in [0.2, 0.25) is 0 Å². The number of hydrogen-bond acceptors (Lipinski definition) is 2. The van der Waals surface area contributed by atoms with Gasteiger partial charge in [-0.15, -0.1) is 5.10 Å². The van der Waals surface area contributed by atoms with Crippen LogP contribution in [0.15, 0.2) is 176 Å². The van der Waals surface area contributed by atoms with Gasteiger partial charge in [0.1, 0.15) is 11.4 Å². The van der Waals surface area contributed by atoms with Crippen molar-refractivity contribution < 1.29 is 0 Å². The molecule has 0 bridgehead atoms. The molecule has 5 nitrogen and oxygen atoms in total. The Bertz CT molecular complexity index is 2790. The van der Waals surface area contributed by atoms with Gasteiger partial charge >= 0.3 is 0 Å². The summed E-state index contributed by atoms with van der Waals surface area (Å²) >= 11 is 0. The number of rotatable bonds is 5. The molecule has 230 valence electrons. The Morgan fingerprint density at radius 1 is 0.347 bits per heavy atom. The Hall–Kier alpha value is -6.72. The number of benzene rings is 7. The molecule has 10 rings (SSSR count). The Morgan fingerprint density at radius 3 is 1.39 bits per heavy atom. The maximum atomic E-state index is 4.73. The van der Waals surface area contributed by atoms with Crippen LogP contribution in [0.3, 0.4) is 0 Å². The molecule has 0 saturated carbocycles. The maximum absolute atomic E-state index is 4.73. The third-order valence-corrected chi connectivity index (χ3v) is 9.60. The molecule has 7 aromatic carbocycles. The van der Waals surface area contributed by atoms with Gasteiger partial charge in [-0.05, 0) is 60.7 Å². The van der Waals surface area contributed by atoms with E-state index in [1.54, 1.807) is 0 Å². The van der Waals surface area contributed by atoms with Gasteiger partial charge in [0.05, 0.1) is 27.8 Å². The molecular weight excluding hydrogens is 599 g/mol. The molecule has 0 atom stereocenters. The van der Waals surface area contributed by atoms with Crippen molar-refractivity contribution in [2.45, 2.75) is 0 Å². The van der Waals surface area contributed by atoms with Crippen molar-refractivity contribution in [3.05, 3.63) is 176 Å². The van der Waals surface area contributed by atoms with Crippen molar-refractivity contribution in [1.29, 1.82) is 0 Å². The Kier molecular flexibility index (Phi) is 6.11. The van der Waals surface area contributed by atoms with Crippen molar-refractivity contribution >= 4 is 43.6 Å². The number of para-hydroxylation sites is 4. The smallest absolute Gasteiger partial charge is 0.121 e. The molecule has 0 N–H and O–H groups in total. The summed E-state index contributed by atoms with van der Waals surface area (Å²) in [5.41, 5.74) is 11.9. The Balaban J connectivity index is 1.17. The average molecular weight is 628 g/mol. The zero-order valence-electron chi connectivity index (χ0n) is 26.5. The lowest BCUT2D eigenvalue weighted by Crippen LogP contribution is -1.99. The quantitative estimate of drug-likeness (QED) is 0.190. The highest BCUT2D eigenvalue weighted by molar-refractivity contribution is 6.19. The van der Waals surface area contributed by atoms with Gasteiger partial charge in [0.25, 0.3) is 0 Å². The molecule has 0 radical (unpaired) electrons. The van der Waals surface area contributed by atoms with E-state index in [4.69, 9.17) is 5.10 Å². The van der Waals surface area contributed by atoms with Crippen LogP contribution in [0, 0.1) is 0 Å². The van der Waals surface area contributed by atoms with E-state index in [-0.39, 0.29) is 0 Å². The first-order valence-electron chi connectivity index (χ1n) is 16.5. The van der Waals surface area contributed by atoms with E-state index in [2.05, 4.69) is 166 Å². The molecular formula is C44H29N5. The van der Waals surface area contributed by atoms with Crippen LogP contribution in [-0.4, -0.2) is 24.1 Å². The second-order valence-corrected chi connectivity index (χ2v) is 12.4. The Labute approximate surface area is 282 Å². The van der Waals surface area contributed by atoms with Gasteiger partial charge in [-0.1, -0.05) is 120 Å². The van der Waals surface area contributed by atoms with Crippen LogP contribution in [0.25, 0.3) is 83.2 Å². The minimum atomic E-state index is 0.847. The van der Waals surface area contributed by atoms with Crippen LogP contribution < -0.4 is 0 Å². The highest BCUT2D eigenvalue weighted by Gasteiger charge is 2.20. The molecule has 49 heavy (non-hydrogen) atoms. The maximum Gasteiger partial charge on any atom is 0.121 e. The van der Waals surface area contributed by atoms with Gasteiger partial charge in [0.15, 0.2) is 0 Å². The summed E-state index contributed by atoms with van der Waals surface area (Å²) in [6, 6.07) is 62.1. The van der Waals surface area contributed by atoms with Crippen molar-refractivity contribution in [2.24, 2.45) is 0 Å². The third kappa shape index (κ3) is 4.26. The molecule has 0 fully saturated rings. The standard InChI is InChI=1S/C44H29N5/c1-4-14-31(15-5-1)44-43(45-46-49(44)34-18-8-3-9-19-34)30-24-26-33(27-25-30)48-40-23-13-11-21-36(40)38-28-41-37(29-42(38)48)35-20-10-12-22-39(35)47(41)32-16-6-2-7-17-32/h1-29H. The number of fused-ring (bicyclic) bond motifs is 6. The van der Waals surface area contributed by atoms with E-state index < -0.39 is 0 Å². The normalized spacial score (nSPS) is 11.7. The van der Waals surface area contributed by atoms with Crippen molar-refractivity contribution in [1.82, 2.24) is 24.1 Å². The average Bonchev–Trinajstić information content (AvgIpc) is 3.86. The van der Waals surface area contributed by atoms with E-state index in [0.717, 1.165) is 39.6 Å². The van der Waals surface area contributed by atoms with Crippen LogP contribution in [0.1, 0.15) is 0 Å². The SMILES string of the molecule is c1ccc(-c2c(-c3ccc(-n4c5ccccc5c5cc6c(cc54)c4ccccc4n6-c4ccccc4)cc3)nnn2-c2ccccc2)cc1. The highest BCUT2D eigenvalue weighted by Crippen LogP contribution is 2.40. The van der Waals surface area contributed by atoms with Crippen LogP contribution in [0.4, 0.5) is 0 Å². The highest BCUT2D eigenvalue weighted by atomic mass is 15.4. The van der Waals surface area contributed by atoms with Crippen LogP contribution >= 0.6 is 0 Å². The number of aromatic nitrogens is 5. The molecule has 10 aromatic rings. The van der Waals surface area contributed by atoms with E-state index in [9.17, 15) is 0 Å². The largest absolute Gasteiger partial charge is 0.309 e. The fraction of sp³-hybridized carbons (Fsp3) is 0. The van der Waals surface area contributed by atoms with Crippen molar-refractivity contribution in [3.63, 3.8) is 0 Å². The molecule has 5 heteroatoms. The predicted octanol–water partition coefficient (Wildman–Crippen LogP) is 10.8. The van der Waals surface area contributed by atoms with Gasteiger partial charge in [-0.2, -0.15) is 0 Å². The summed E-state index contributed by atoms with van der Waals surface area (Å²) in [6.45, 7) is 0. The lowest BCUT2D eigenvalue weighted by Gasteiger charge is -2.11. The molecule has 3 aromatic heterocycles. The molecule has 0 aliphatic heterocycles. The summed E-state index contributed by atoms with van der Waals surface area (Å²) in [7, 11) is 0. The minimum Gasteiger partial charge on any atom is -0.309 e. The third-order valence-electron chi connectivity index (χ3n) is 9.60. The number of hydrogen-bond donors (Lipinski definition) is 0.